The van der Waals surface area contributed by atoms with Gasteiger partial charge in [0.2, 0.25) is 0 Å². The van der Waals surface area contributed by atoms with E-state index < -0.39 is 0 Å². The Bertz CT molecular complexity index is 563. The molecule has 0 bridgehead atoms. The Hall–Kier alpha value is -1.20. The van der Waals surface area contributed by atoms with Crippen molar-refractivity contribution in [2.24, 2.45) is 0 Å². The zero-order valence-corrected chi connectivity index (χ0v) is 11.1. The van der Waals surface area contributed by atoms with Crippen molar-refractivity contribution in [3.63, 3.8) is 0 Å². The number of aromatic nitrogens is 3. The molecule has 2 aromatic heterocycles. The van der Waals surface area contributed by atoms with Gasteiger partial charge in [-0.2, -0.15) is 0 Å². The minimum atomic E-state index is -0.123. The molecule has 0 N–H and O–H groups in total. The highest BCUT2D eigenvalue weighted by Crippen LogP contribution is 2.15. The van der Waals surface area contributed by atoms with Crippen molar-refractivity contribution in [1.29, 1.82) is 0 Å². The molecule has 0 aromatic carbocycles. The topological polar surface area (TPSA) is 47.8 Å². The predicted molar refractivity (Wildman–Crippen MR) is 68.8 cm³/mol. The average Bonchev–Trinajstić information content (AvgIpc) is 2.74. The Balaban J connectivity index is 2.48. The zero-order chi connectivity index (χ0) is 12.4. The number of hydrogen-bond acceptors (Lipinski definition) is 4. The Morgan fingerprint density at radius 1 is 1.53 bits per heavy atom. The molecule has 0 unspecified atom stereocenters. The minimum Gasteiger partial charge on any atom is -0.291 e. The van der Waals surface area contributed by atoms with Crippen LogP contribution >= 0.6 is 22.9 Å². The van der Waals surface area contributed by atoms with E-state index in [2.05, 4.69) is 9.97 Å². The van der Waals surface area contributed by atoms with E-state index in [1.54, 1.807) is 16.3 Å². The molecule has 2 rings (SSSR count). The third-order valence-electron chi connectivity index (χ3n) is 2.32. The fourth-order valence-corrected chi connectivity index (χ4v) is 2.33. The van der Waals surface area contributed by atoms with Gasteiger partial charge in [-0.3, -0.25) is 14.3 Å². The zero-order valence-electron chi connectivity index (χ0n) is 9.55. The van der Waals surface area contributed by atoms with Crippen molar-refractivity contribution in [1.82, 2.24) is 14.5 Å². The minimum absolute atomic E-state index is 0.123. The van der Waals surface area contributed by atoms with E-state index in [9.17, 15) is 4.79 Å². The van der Waals surface area contributed by atoms with Crippen LogP contribution < -0.4 is 5.56 Å². The Kier molecular flexibility index (Phi) is 3.59. The first kappa shape index (κ1) is 12.3. The molecule has 90 valence electrons. The van der Waals surface area contributed by atoms with Crippen LogP contribution in [-0.2, 0) is 6.54 Å². The molecule has 0 spiro atoms. The maximum absolute atomic E-state index is 11.9. The molecular formula is C11H12ClN3OS. The number of halogens is 1. The lowest BCUT2D eigenvalue weighted by Crippen LogP contribution is -2.25. The number of rotatable bonds is 3. The number of hydrogen-bond donors (Lipinski definition) is 0. The molecule has 0 aliphatic carbocycles. The molecular weight excluding hydrogens is 258 g/mol. The number of thiazole rings is 1. The van der Waals surface area contributed by atoms with Crippen LogP contribution in [0.25, 0.3) is 0 Å². The summed E-state index contributed by atoms with van der Waals surface area (Å²) >= 11 is 7.33. The fourth-order valence-electron chi connectivity index (χ4n) is 1.57. The molecule has 0 atom stereocenters. The largest absolute Gasteiger partial charge is 0.291 e. The van der Waals surface area contributed by atoms with Gasteiger partial charge in [0.1, 0.15) is 11.0 Å². The van der Waals surface area contributed by atoms with Crippen LogP contribution in [0.15, 0.2) is 22.6 Å². The molecule has 6 heteroatoms. The van der Waals surface area contributed by atoms with Gasteiger partial charge in [-0.15, -0.1) is 11.3 Å². The van der Waals surface area contributed by atoms with Crippen LogP contribution in [0.2, 0.25) is 5.15 Å². The molecule has 0 radical (unpaired) electrons. The van der Waals surface area contributed by atoms with Gasteiger partial charge in [0.25, 0.3) is 5.56 Å². The average molecular weight is 270 g/mol. The molecule has 0 aliphatic heterocycles. The molecule has 0 saturated heterocycles. The normalized spacial score (nSPS) is 11.1. The van der Waals surface area contributed by atoms with Crippen molar-refractivity contribution in [3.8, 4) is 0 Å². The van der Waals surface area contributed by atoms with Crippen molar-refractivity contribution in [3.05, 3.63) is 44.0 Å². The maximum Gasteiger partial charge on any atom is 0.255 e. The maximum atomic E-state index is 11.9. The molecule has 4 nitrogen and oxygen atoms in total. The quantitative estimate of drug-likeness (QED) is 0.805. The third kappa shape index (κ3) is 2.73. The van der Waals surface area contributed by atoms with Gasteiger partial charge in [-0.25, -0.2) is 4.98 Å². The molecule has 0 saturated carbocycles. The summed E-state index contributed by atoms with van der Waals surface area (Å²) in [6, 6.07) is 1.34. The van der Waals surface area contributed by atoms with E-state index in [0.29, 0.717) is 12.4 Å². The fraction of sp³-hybridized carbons (Fsp3) is 0.364. The van der Waals surface area contributed by atoms with E-state index in [1.807, 2.05) is 13.8 Å². The standard InChI is InChI=1S/C11H12ClN3OS/c1-7(2)11-14-9(12)3-10(16)15(11)5-8-4-13-6-17-8/h3-4,6-7H,5H2,1-2H3. The summed E-state index contributed by atoms with van der Waals surface area (Å²) in [5.41, 5.74) is 1.63. The van der Waals surface area contributed by atoms with Crippen LogP contribution in [0.5, 0.6) is 0 Å². The van der Waals surface area contributed by atoms with Gasteiger partial charge >= 0.3 is 0 Å². The van der Waals surface area contributed by atoms with Gasteiger partial charge in [0.15, 0.2) is 0 Å². The second-order valence-electron chi connectivity index (χ2n) is 3.98. The van der Waals surface area contributed by atoms with Crippen molar-refractivity contribution in [2.75, 3.05) is 0 Å². The molecule has 0 amide bonds. The monoisotopic (exact) mass is 269 g/mol. The SMILES string of the molecule is CC(C)c1nc(Cl)cc(=O)n1Cc1cncs1. The van der Waals surface area contributed by atoms with E-state index in [-0.39, 0.29) is 16.6 Å². The molecule has 2 aromatic rings. The molecule has 0 aliphatic rings. The van der Waals surface area contributed by atoms with E-state index in [0.717, 1.165) is 4.88 Å². The van der Waals surface area contributed by atoms with E-state index >= 15 is 0 Å². The highest BCUT2D eigenvalue weighted by atomic mass is 35.5. The lowest BCUT2D eigenvalue weighted by atomic mass is 10.2. The first-order valence-corrected chi connectivity index (χ1v) is 6.48. The van der Waals surface area contributed by atoms with Gasteiger partial charge in [0, 0.05) is 23.1 Å². The third-order valence-corrected chi connectivity index (χ3v) is 3.28. The van der Waals surface area contributed by atoms with Crippen molar-refractivity contribution < 1.29 is 0 Å². The van der Waals surface area contributed by atoms with Crippen molar-refractivity contribution >= 4 is 22.9 Å². The highest BCUT2D eigenvalue weighted by Gasteiger charge is 2.12. The molecule has 17 heavy (non-hydrogen) atoms. The first-order valence-electron chi connectivity index (χ1n) is 5.22. The molecule has 2 heterocycles. The summed E-state index contributed by atoms with van der Waals surface area (Å²) in [5, 5.41) is 0.249. The van der Waals surface area contributed by atoms with E-state index in [1.165, 1.54) is 17.4 Å². The van der Waals surface area contributed by atoms with E-state index in [4.69, 9.17) is 11.6 Å². The van der Waals surface area contributed by atoms with Gasteiger partial charge < -0.3 is 0 Å². The van der Waals surface area contributed by atoms with Gasteiger partial charge in [-0.05, 0) is 0 Å². The summed E-state index contributed by atoms with van der Waals surface area (Å²) in [6.45, 7) is 4.48. The summed E-state index contributed by atoms with van der Waals surface area (Å²) in [5.74, 6) is 0.852. The Morgan fingerprint density at radius 3 is 2.88 bits per heavy atom. The highest BCUT2D eigenvalue weighted by molar-refractivity contribution is 7.09. The van der Waals surface area contributed by atoms with Crippen LogP contribution in [0, 0.1) is 0 Å². The predicted octanol–water partition coefficient (Wildman–Crippen LogP) is 2.52. The lowest BCUT2D eigenvalue weighted by molar-refractivity contribution is 0.628. The summed E-state index contributed by atoms with van der Waals surface area (Å²) < 4.78 is 1.64. The Labute approximate surface area is 108 Å². The van der Waals surface area contributed by atoms with Crippen LogP contribution in [0.3, 0.4) is 0 Å². The van der Waals surface area contributed by atoms with Crippen molar-refractivity contribution in [2.45, 2.75) is 26.3 Å². The van der Waals surface area contributed by atoms with Gasteiger partial charge in [0.05, 0.1) is 12.1 Å². The molecule has 0 fully saturated rings. The second-order valence-corrected chi connectivity index (χ2v) is 5.34. The first-order chi connectivity index (χ1) is 8.08. The van der Waals surface area contributed by atoms with Crippen LogP contribution in [0.4, 0.5) is 0 Å². The smallest absolute Gasteiger partial charge is 0.255 e. The second kappa shape index (κ2) is 4.98. The van der Waals surface area contributed by atoms with Gasteiger partial charge in [-0.1, -0.05) is 25.4 Å². The summed E-state index contributed by atoms with van der Waals surface area (Å²) in [6.07, 6.45) is 1.76. The summed E-state index contributed by atoms with van der Waals surface area (Å²) in [7, 11) is 0. The lowest BCUT2D eigenvalue weighted by Gasteiger charge is -2.13. The number of nitrogens with zero attached hydrogens (tertiary/aromatic N) is 3. The summed E-state index contributed by atoms with van der Waals surface area (Å²) in [4.78, 5) is 21.2. The Morgan fingerprint density at radius 2 is 2.29 bits per heavy atom. The van der Waals surface area contributed by atoms with Crippen LogP contribution in [0.1, 0.15) is 30.5 Å². The van der Waals surface area contributed by atoms with Crippen LogP contribution in [-0.4, -0.2) is 14.5 Å².